The monoisotopic (exact) mass is 328 g/mol. The van der Waals surface area contributed by atoms with Gasteiger partial charge in [-0.3, -0.25) is 9.59 Å². The Kier molecular flexibility index (Phi) is 4.33. The molecule has 1 atom stereocenters. The molecule has 2 heterocycles. The van der Waals surface area contributed by atoms with Gasteiger partial charge in [0.1, 0.15) is 0 Å². The van der Waals surface area contributed by atoms with Crippen molar-refractivity contribution in [2.45, 2.75) is 19.4 Å². The Morgan fingerprint density at radius 2 is 2.08 bits per heavy atom. The Balaban J connectivity index is 1.78. The number of para-hydroxylation sites is 2. The highest BCUT2D eigenvalue weighted by Crippen LogP contribution is 2.31. The molecule has 0 bridgehead atoms. The molecule has 7 nitrogen and oxygen atoms in total. The first-order valence-corrected chi connectivity index (χ1v) is 7.48. The summed E-state index contributed by atoms with van der Waals surface area (Å²) >= 11 is 0. The van der Waals surface area contributed by atoms with Gasteiger partial charge in [0.25, 0.3) is 5.91 Å². The second-order valence-electron chi connectivity index (χ2n) is 5.44. The summed E-state index contributed by atoms with van der Waals surface area (Å²) in [6.07, 6.45) is 1.51. The third kappa shape index (κ3) is 3.15. The zero-order valence-electron chi connectivity index (χ0n) is 13.0. The first-order valence-electron chi connectivity index (χ1n) is 7.48. The second kappa shape index (κ2) is 6.57. The average molecular weight is 328 g/mol. The molecule has 0 saturated carbocycles. The third-order valence-electron chi connectivity index (χ3n) is 3.68. The van der Waals surface area contributed by atoms with Crippen LogP contribution in [0.2, 0.25) is 0 Å². The summed E-state index contributed by atoms with van der Waals surface area (Å²) in [6, 6.07) is 9.67. The van der Waals surface area contributed by atoms with E-state index in [2.05, 4.69) is 5.32 Å². The zero-order chi connectivity index (χ0) is 17.1. The summed E-state index contributed by atoms with van der Waals surface area (Å²) < 4.78 is 9.93. The summed E-state index contributed by atoms with van der Waals surface area (Å²) in [7, 11) is 0. The van der Waals surface area contributed by atoms with Gasteiger partial charge in [0.15, 0.2) is 6.61 Å². The van der Waals surface area contributed by atoms with Crippen molar-refractivity contribution in [2.75, 3.05) is 16.8 Å². The minimum absolute atomic E-state index is 0.0314. The van der Waals surface area contributed by atoms with E-state index >= 15 is 0 Å². The van der Waals surface area contributed by atoms with E-state index in [1.165, 1.54) is 17.2 Å². The maximum atomic E-state index is 12.6. The van der Waals surface area contributed by atoms with Gasteiger partial charge in [-0.1, -0.05) is 12.1 Å². The fraction of sp³-hybridized carbons (Fsp3) is 0.235. The van der Waals surface area contributed by atoms with Crippen molar-refractivity contribution in [1.82, 2.24) is 0 Å². The molecular weight excluding hydrogens is 312 g/mol. The van der Waals surface area contributed by atoms with Crippen LogP contribution in [0.4, 0.5) is 11.4 Å². The van der Waals surface area contributed by atoms with Crippen molar-refractivity contribution in [3.63, 3.8) is 0 Å². The van der Waals surface area contributed by atoms with Crippen LogP contribution < -0.4 is 10.2 Å². The minimum Gasteiger partial charge on any atom is -0.457 e. The van der Waals surface area contributed by atoms with Gasteiger partial charge < -0.3 is 19.4 Å². The molecule has 0 radical (unpaired) electrons. The number of fused-ring (bicyclic) bond motifs is 1. The molecule has 1 aromatic carbocycles. The maximum absolute atomic E-state index is 12.6. The predicted molar refractivity (Wildman–Crippen MR) is 85.6 cm³/mol. The third-order valence-corrected chi connectivity index (χ3v) is 3.68. The van der Waals surface area contributed by atoms with Crippen molar-refractivity contribution in [2.24, 2.45) is 0 Å². The molecule has 0 saturated heterocycles. The van der Waals surface area contributed by atoms with E-state index in [1.807, 2.05) is 0 Å². The van der Waals surface area contributed by atoms with Crippen LogP contribution >= 0.6 is 0 Å². The summed E-state index contributed by atoms with van der Waals surface area (Å²) in [6.45, 7) is 1.33. The smallest absolute Gasteiger partial charge is 0.374 e. The van der Waals surface area contributed by atoms with Gasteiger partial charge in [-0.2, -0.15) is 0 Å². The van der Waals surface area contributed by atoms with Crippen molar-refractivity contribution in [3.05, 3.63) is 48.4 Å². The number of anilines is 2. The van der Waals surface area contributed by atoms with Gasteiger partial charge in [0, 0.05) is 12.5 Å². The van der Waals surface area contributed by atoms with E-state index < -0.39 is 18.5 Å². The number of nitrogens with one attached hydrogen (secondary N) is 1. The van der Waals surface area contributed by atoms with Crippen LogP contribution in [0.5, 0.6) is 0 Å². The number of nitrogens with zero attached hydrogens (tertiary/aromatic N) is 1. The Bertz CT molecular complexity index is 769. The number of rotatable bonds is 3. The van der Waals surface area contributed by atoms with Gasteiger partial charge in [-0.05, 0) is 31.2 Å². The first kappa shape index (κ1) is 15.8. The molecule has 2 amide bonds. The van der Waals surface area contributed by atoms with Crippen molar-refractivity contribution in [1.29, 1.82) is 0 Å². The van der Waals surface area contributed by atoms with Crippen LogP contribution in [0.15, 0.2) is 47.1 Å². The van der Waals surface area contributed by atoms with Gasteiger partial charge in [0.2, 0.25) is 11.7 Å². The lowest BCUT2D eigenvalue weighted by Crippen LogP contribution is -2.41. The predicted octanol–water partition coefficient (Wildman–Crippen LogP) is 2.20. The number of ether oxygens (including phenoxy) is 1. The molecule has 1 aliphatic heterocycles. The number of carbonyl (C=O) groups excluding carboxylic acids is 3. The van der Waals surface area contributed by atoms with E-state index in [0.29, 0.717) is 11.4 Å². The molecule has 1 unspecified atom stereocenters. The van der Waals surface area contributed by atoms with Crippen LogP contribution in [0.3, 0.4) is 0 Å². The molecule has 1 N–H and O–H groups in total. The number of benzene rings is 1. The van der Waals surface area contributed by atoms with Crippen LogP contribution in [0, 0.1) is 0 Å². The van der Waals surface area contributed by atoms with Gasteiger partial charge in [-0.15, -0.1) is 0 Å². The number of furan rings is 1. The topological polar surface area (TPSA) is 88.9 Å². The van der Waals surface area contributed by atoms with Crippen LogP contribution in [-0.2, 0) is 14.3 Å². The number of esters is 1. The largest absolute Gasteiger partial charge is 0.457 e. The van der Waals surface area contributed by atoms with Crippen LogP contribution in [0.25, 0.3) is 0 Å². The molecular formula is C17H16N2O5. The maximum Gasteiger partial charge on any atom is 0.374 e. The molecule has 2 aromatic rings. The number of hydrogen-bond donors (Lipinski definition) is 1. The molecule has 0 aliphatic carbocycles. The van der Waals surface area contributed by atoms with Gasteiger partial charge >= 0.3 is 5.97 Å². The fourth-order valence-electron chi connectivity index (χ4n) is 2.63. The van der Waals surface area contributed by atoms with E-state index in [4.69, 9.17) is 9.15 Å². The molecule has 3 rings (SSSR count). The van der Waals surface area contributed by atoms with Gasteiger partial charge in [-0.25, -0.2) is 4.79 Å². The molecule has 24 heavy (non-hydrogen) atoms. The molecule has 0 fully saturated rings. The molecule has 1 aliphatic rings. The normalized spacial score (nSPS) is 16.8. The molecule has 7 heteroatoms. The highest BCUT2D eigenvalue weighted by Gasteiger charge is 2.30. The highest BCUT2D eigenvalue weighted by molar-refractivity contribution is 6.05. The molecule has 0 spiro atoms. The Morgan fingerprint density at radius 3 is 2.83 bits per heavy atom. The van der Waals surface area contributed by atoms with Crippen LogP contribution in [0.1, 0.15) is 23.9 Å². The second-order valence-corrected chi connectivity index (χ2v) is 5.44. The van der Waals surface area contributed by atoms with Crippen LogP contribution in [-0.4, -0.2) is 30.4 Å². The highest BCUT2D eigenvalue weighted by atomic mass is 16.5. The minimum atomic E-state index is -0.710. The summed E-state index contributed by atoms with van der Waals surface area (Å²) in [5.74, 6) is -1.26. The SMILES string of the molecule is CC1CC(=O)Nc2ccccc2N1C(=O)COC(=O)c1ccco1. The lowest BCUT2D eigenvalue weighted by atomic mass is 10.1. The number of hydrogen-bond acceptors (Lipinski definition) is 5. The molecule has 124 valence electrons. The van der Waals surface area contributed by atoms with Crippen molar-refractivity contribution >= 4 is 29.2 Å². The Morgan fingerprint density at radius 1 is 1.29 bits per heavy atom. The quantitative estimate of drug-likeness (QED) is 0.873. The van der Waals surface area contributed by atoms with Crippen molar-refractivity contribution < 1.29 is 23.5 Å². The van der Waals surface area contributed by atoms with Gasteiger partial charge in [0.05, 0.1) is 17.6 Å². The van der Waals surface area contributed by atoms with Crippen molar-refractivity contribution in [3.8, 4) is 0 Å². The summed E-state index contributed by atoms with van der Waals surface area (Å²) in [5, 5.41) is 2.77. The van der Waals surface area contributed by atoms with E-state index in [1.54, 1.807) is 37.3 Å². The summed E-state index contributed by atoms with van der Waals surface area (Å²) in [5.41, 5.74) is 1.13. The standard InChI is InChI=1S/C17H16N2O5/c1-11-9-15(20)18-12-5-2-3-6-13(12)19(11)16(21)10-24-17(22)14-7-4-8-23-14/h2-8,11H,9-10H2,1H3,(H,18,20). The number of amides is 2. The summed E-state index contributed by atoms with van der Waals surface area (Å²) in [4.78, 5) is 37.7. The lowest BCUT2D eigenvalue weighted by Gasteiger charge is -2.27. The Hall–Kier alpha value is -3.09. The average Bonchev–Trinajstić information content (AvgIpc) is 3.04. The number of carbonyl (C=O) groups is 3. The fourth-order valence-corrected chi connectivity index (χ4v) is 2.63. The Labute approximate surface area is 138 Å². The van der Waals surface area contributed by atoms with E-state index in [-0.39, 0.29) is 24.1 Å². The lowest BCUT2D eigenvalue weighted by molar-refractivity contribution is -0.122. The molecule has 1 aromatic heterocycles. The van der Waals surface area contributed by atoms with E-state index in [9.17, 15) is 14.4 Å². The zero-order valence-corrected chi connectivity index (χ0v) is 13.0. The first-order chi connectivity index (χ1) is 11.6. The van der Waals surface area contributed by atoms with E-state index in [0.717, 1.165) is 0 Å².